The zero-order chi connectivity index (χ0) is 9.42. The van der Waals surface area contributed by atoms with E-state index in [2.05, 4.69) is 10.2 Å². The van der Waals surface area contributed by atoms with Gasteiger partial charge in [0, 0.05) is 0 Å². The Bertz CT molecular complexity index is 468. The fourth-order valence-electron chi connectivity index (χ4n) is 1.38. The highest BCUT2D eigenvalue weighted by Gasteiger charge is 2.27. The molecule has 2 heterocycles. The lowest BCUT2D eigenvalue weighted by atomic mass is 10.2. The minimum absolute atomic E-state index is 0.426. The number of nitrogens with zero attached hydrogens (tertiary/aromatic N) is 5. The first kappa shape index (κ1) is 7.51. The maximum atomic E-state index is 8.84. The van der Waals surface area contributed by atoms with E-state index < -0.39 is 6.04 Å². The van der Waals surface area contributed by atoms with Gasteiger partial charge < -0.3 is 0 Å². The highest BCUT2D eigenvalue weighted by Crippen LogP contribution is 2.28. The van der Waals surface area contributed by atoms with Crippen molar-refractivity contribution in [3.63, 3.8) is 0 Å². The van der Waals surface area contributed by atoms with Gasteiger partial charge in [-0.25, -0.2) is 0 Å². The van der Waals surface area contributed by atoms with Gasteiger partial charge >= 0.3 is 0 Å². The molecule has 0 radical (unpaired) electrons. The highest BCUT2D eigenvalue weighted by molar-refractivity contribution is 5.60. The summed E-state index contributed by atoms with van der Waals surface area (Å²) in [6, 6.07) is 3.47. The Morgan fingerprint density at radius 2 is 2.23 bits per heavy atom. The molecule has 2 rings (SSSR count). The molecule has 1 unspecified atom stereocenters. The second-order valence-corrected chi connectivity index (χ2v) is 2.72. The quantitative estimate of drug-likeness (QED) is 0.571. The van der Waals surface area contributed by atoms with Crippen molar-refractivity contribution in [2.24, 2.45) is 0 Å². The number of hydrogen-bond acceptors (Lipinski definition) is 4. The van der Waals surface area contributed by atoms with E-state index in [1.54, 1.807) is 17.6 Å². The predicted octanol–water partition coefficient (Wildman–Crippen LogP) is 0.572. The lowest BCUT2D eigenvalue weighted by Crippen LogP contribution is -2.06. The van der Waals surface area contributed by atoms with Crippen LogP contribution in [0.3, 0.4) is 0 Å². The van der Waals surface area contributed by atoms with Crippen molar-refractivity contribution in [2.45, 2.75) is 13.0 Å². The van der Waals surface area contributed by atoms with Gasteiger partial charge in [0.1, 0.15) is 5.82 Å². The molecule has 62 valence electrons. The summed E-state index contributed by atoms with van der Waals surface area (Å²) < 4.78 is 1.65. The van der Waals surface area contributed by atoms with Crippen molar-refractivity contribution in [3.05, 3.63) is 17.2 Å². The van der Waals surface area contributed by atoms with Crippen LogP contribution in [0.5, 0.6) is 0 Å². The second-order valence-electron chi connectivity index (χ2n) is 2.72. The van der Waals surface area contributed by atoms with Gasteiger partial charge in [-0.3, -0.25) is 4.57 Å². The van der Waals surface area contributed by atoms with Gasteiger partial charge in [-0.15, -0.1) is 10.2 Å². The van der Waals surface area contributed by atoms with E-state index in [0.717, 1.165) is 0 Å². The van der Waals surface area contributed by atoms with Crippen molar-refractivity contribution >= 4 is 6.08 Å². The first-order valence-electron chi connectivity index (χ1n) is 3.70. The normalized spacial score (nSPS) is 18.7. The largest absolute Gasteiger partial charge is 0.290 e. The summed E-state index contributed by atoms with van der Waals surface area (Å²) in [5.74, 6) is 1.24. The van der Waals surface area contributed by atoms with Crippen LogP contribution in [0.15, 0.2) is 5.57 Å². The monoisotopic (exact) mass is 171 g/mol. The molecule has 13 heavy (non-hydrogen) atoms. The molecule has 5 nitrogen and oxygen atoms in total. The smallest absolute Gasteiger partial charge is 0.159 e. The number of rotatable bonds is 0. The van der Waals surface area contributed by atoms with E-state index in [-0.39, 0.29) is 0 Å². The van der Waals surface area contributed by atoms with Gasteiger partial charge in [0.05, 0.1) is 17.7 Å². The van der Waals surface area contributed by atoms with Crippen LogP contribution in [0, 0.1) is 29.6 Å². The third kappa shape index (κ3) is 0.844. The maximum Gasteiger partial charge on any atom is 0.159 e. The van der Waals surface area contributed by atoms with E-state index >= 15 is 0 Å². The van der Waals surface area contributed by atoms with Crippen LogP contribution in [0.1, 0.15) is 17.7 Å². The van der Waals surface area contributed by atoms with Gasteiger partial charge in [0.15, 0.2) is 11.9 Å². The molecule has 0 saturated heterocycles. The van der Waals surface area contributed by atoms with Crippen molar-refractivity contribution < 1.29 is 0 Å². The van der Waals surface area contributed by atoms with Crippen molar-refractivity contribution in [2.75, 3.05) is 0 Å². The van der Waals surface area contributed by atoms with E-state index in [1.807, 2.05) is 12.1 Å². The first-order valence-corrected chi connectivity index (χ1v) is 3.70. The summed E-state index contributed by atoms with van der Waals surface area (Å²) in [6.45, 7) is 1.76. The van der Waals surface area contributed by atoms with Crippen LogP contribution < -0.4 is 0 Å². The topological polar surface area (TPSA) is 78.3 Å². The van der Waals surface area contributed by atoms with Gasteiger partial charge in [-0.2, -0.15) is 10.5 Å². The van der Waals surface area contributed by atoms with Crippen LogP contribution in [-0.2, 0) is 0 Å². The molecule has 0 aromatic carbocycles. The predicted molar refractivity (Wildman–Crippen MR) is 43.0 cm³/mol. The Kier molecular flexibility index (Phi) is 1.40. The van der Waals surface area contributed by atoms with E-state index in [4.69, 9.17) is 10.5 Å². The van der Waals surface area contributed by atoms with Gasteiger partial charge in [-0.1, -0.05) is 0 Å². The number of fused-ring (bicyclic) bond motifs is 1. The molecule has 0 saturated carbocycles. The zero-order valence-electron chi connectivity index (χ0n) is 6.89. The zero-order valence-corrected chi connectivity index (χ0v) is 6.89. The number of nitriles is 2. The minimum Gasteiger partial charge on any atom is -0.290 e. The fraction of sp³-hybridized carbons (Fsp3) is 0.250. The molecule has 0 fully saturated rings. The molecular weight excluding hydrogens is 166 g/mol. The Balaban J connectivity index is 2.62. The van der Waals surface area contributed by atoms with E-state index in [9.17, 15) is 0 Å². The van der Waals surface area contributed by atoms with Crippen molar-refractivity contribution in [3.8, 4) is 12.1 Å². The fourth-order valence-corrected chi connectivity index (χ4v) is 1.38. The van der Waals surface area contributed by atoms with Crippen molar-refractivity contribution in [1.29, 1.82) is 10.5 Å². The summed E-state index contributed by atoms with van der Waals surface area (Å²) in [5.41, 5.74) is 0.426. The van der Waals surface area contributed by atoms with Crippen molar-refractivity contribution in [1.82, 2.24) is 14.8 Å². The summed E-state index contributed by atoms with van der Waals surface area (Å²) in [6.07, 6.45) is 1.59. The van der Waals surface area contributed by atoms with Crippen LogP contribution in [0.25, 0.3) is 6.08 Å². The summed E-state index contributed by atoms with van der Waals surface area (Å²) in [4.78, 5) is 0. The maximum absolute atomic E-state index is 8.84. The molecule has 1 aliphatic heterocycles. The standard InChI is InChI=1S/C8H5N5/c1-5-11-12-8-2-6(3-9)7(4-10)13(5)8/h2,7H,1H3. The van der Waals surface area contributed by atoms with E-state index in [1.165, 1.54) is 0 Å². The van der Waals surface area contributed by atoms with Gasteiger partial charge in [0.25, 0.3) is 0 Å². The molecule has 1 aliphatic rings. The van der Waals surface area contributed by atoms with Crippen LogP contribution >= 0.6 is 0 Å². The molecular formula is C8H5N5. The Morgan fingerprint density at radius 3 is 2.85 bits per heavy atom. The van der Waals surface area contributed by atoms with Crippen LogP contribution in [0.4, 0.5) is 0 Å². The molecule has 0 aliphatic carbocycles. The average molecular weight is 171 g/mol. The molecule has 0 N–H and O–H groups in total. The van der Waals surface area contributed by atoms with Gasteiger partial charge in [0.2, 0.25) is 0 Å². The second kappa shape index (κ2) is 2.43. The number of aryl methyl sites for hydroxylation is 1. The lowest BCUT2D eigenvalue weighted by molar-refractivity contribution is 0.703. The average Bonchev–Trinajstić information content (AvgIpc) is 2.65. The molecule has 1 aromatic heterocycles. The molecule has 0 bridgehead atoms. The van der Waals surface area contributed by atoms with E-state index in [0.29, 0.717) is 17.2 Å². The highest BCUT2D eigenvalue weighted by atomic mass is 15.3. The minimum atomic E-state index is -0.546. The van der Waals surface area contributed by atoms with Gasteiger partial charge in [-0.05, 0) is 13.0 Å². The van der Waals surface area contributed by atoms with Crippen LogP contribution in [-0.4, -0.2) is 14.8 Å². The number of allylic oxidation sites excluding steroid dienone is 1. The molecule has 1 aromatic rings. The molecule has 0 amide bonds. The molecule has 5 heteroatoms. The summed E-state index contributed by atoms with van der Waals surface area (Å²) in [5, 5.41) is 25.2. The Hall–Kier alpha value is -2.14. The first-order chi connectivity index (χ1) is 6.27. The Morgan fingerprint density at radius 1 is 1.46 bits per heavy atom. The molecule has 0 spiro atoms. The Labute approximate surface area is 74.5 Å². The third-order valence-electron chi connectivity index (χ3n) is 1.98. The summed E-state index contributed by atoms with van der Waals surface area (Å²) >= 11 is 0. The lowest BCUT2D eigenvalue weighted by Gasteiger charge is -2.04. The SMILES string of the molecule is Cc1nnc2n1C(C#N)C(C#N)=C2. The van der Waals surface area contributed by atoms with Crippen LogP contribution in [0.2, 0.25) is 0 Å². The number of hydrogen-bond donors (Lipinski definition) is 0. The third-order valence-corrected chi connectivity index (χ3v) is 1.98. The number of aromatic nitrogens is 3. The molecule has 1 atom stereocenters. The summed E-state index contributed by atoms with van der Waals surface area (Å²) in [7, 11) is 0.